The fraction of sp³-hybridized carbons (Fsp3) is 0.588. The first-order chi connectivity index (χ1) is 11.4. The van der Waals surface area contributed by atoms with Gasteiger partial charge in [0, 0.05) is 12.3 Å². The van der Waals surface area contributed by atoms with E-state index in [1.54, 1.807) is 19.1 Å². The average molecular weight is 377 g/mol. The molecule has 0 N–H and O–H groups in total. The van der Waals surface area contributed by atoms with Crippen LogP contribution in [-0.2, 0) is 23.8 Å². The zero-order valence-electron chi connectivity index (χ0n) is 14.2. The highest BCUT2D eigenvalue weighted by atomic mass is 35.5. The number of aryl methyl sites for hydroxylation is 1. The van der Waals surface area contributed by atoms with Crippen molar-refractivity contribution < 1.29 is 22.1 Å². The molecular weight excluding hydrogens is 352 g/mol. The van der Waals surface area contributed by atoms with Crippen molar-refractivity contribution in [3.8, 4) is 0 Å². The molecule has 0 bridgehead atoms. The minimum Gasteiger partial charge on any atom is -0.466 e. The highest BCUT2D eigenvalue weighted by Crippen LogP contribution is 2.20. The third-order valence-corrected chi connectivity index (χ3v) is 5.06. The summed E-state index contributed by atoms with van der Waals surface area (Å²) < 4.78 is 34.8. The first-order valence-electron chi connectivity index (χ1n) is 8.10. The molecule has 0 heterocycles. The number of unbranched alkanes of at least 4 members (excludes halogenated alkanes) is 1. The minimum atomic E-state index is -3.81. The zero-order chi connectivity index (χ0) is 18.0. The van der Waals surface area contributed by atoms with Crippen molar-refractivity contribution in [3.63, 3.8) is 0 Å². The standard InChI is InChI=1S/C17H25ClO5S/c1-3-22-17(19)7-5-4-6-15(12-13-18)23-24(20,21)16-10-8-14(2)9-11-16/h8-11,15H,3-7,12-13H2,1-2H3. The zero-order valence-corrected chi connectivity index (χ0v) is 15.7. The second-order valence-electron chi connectivity index (χ2n) is 5.51. The molecule has 0 spiro atoms. The van der Waals surface area contributed by atoms with Gasteiger partial charge in [-0.25, -0.2) is 0 Å². The summed E-state index contributed by atoms with van der Waals surface area (Å²) in [5, 5.41) is 0. The molecule has 5 nitrogen and oxygen atoms in total. The molecule has 0 fully saturated rings. The van der Waals surface area contributed by atoms with Gasteiger partial charge in [-0.3, -0.25) is 8.98 Å². The molecule has 136 valence electrons. The molecule has 1 atom stereocenters. The van der Waals surface area contributed by atoms with Crippen LogP contribution in [0, 0.1) is 6.92 Å². The van der Waals surface area contributed by atoms with Gasteiger partial charge >= 0.3 is 5.97 Å². The van der Waals surface area contributed by atoms with Crippen LogP contribution < -0.4 is 0 Å². The highest BCUT2D eigenvalue weighted by molar-refractivity contribution is 7.86. The Balaban J connectivity index is 2.55. The Bertz CT molecular complexity index is 598. The van der Waals surface area contributed by atoms with Crippen molar-refractivity contribution in [1.29, 1.82) is 0 Å². The fourth-order valence-electron chi connectivity index (χ4n) is 2.18. The van der Waals surface area contributed by atoms with E-state index in [0.717, 1.165) is 5.56 Å². The van der Waals surface area contributed by atoms with Gasteiger partial charge in [0.05, 0.1) is 17.6 Å². The van der Waals surface area contributed by atoms with E-state index in [-0.39, 0.29) is 10.9 Å². The summed E-state index contributed by atoms with van der Waals surface area (Å²) in [6, 6.07) is 6.52. The first kappa shape index (κ1) is 20.9. The summed E-state index contributed by atoms with van der Waals surface area (Å²) in [4.78, 5) is 11.4. The smallest absolute Gasteiger partial charge is 0.305 e. The van der Waals surface area contributed by atoms with Gasteiger partial charge in [-0.15, -0.1) is 11.6 Å². The molecule has 0 aliphatic rings. The summed E-state index contributed by atoms with van der Waals surface area (Å²) >= 11 is 5.75. The van der Waals surface area contributed by atoms with Crippen molar-refractivity contribution in [3.05, 3.63) is 29.8 Å². The van der Waals surface area contributed by atoms with Crippen LogP contribution in [0.25, 0.3) is 0 Å². The van der Waals surface area contributed by atoms with Gasteiger partial charge in [-0.05, 0) is 45.2 Å². The van der Waals surface area contributed by atoms with Crippen molar-refractivity contribution in [2.24, 2.45) is 0 Å². The average Bonchev–Trinajstić information content (AvgIpc) is 2.52. The van der Waals surface area contributed by atoms with Crippen LogP contribution in [0.2, 0.25) is 0 Å². The number of esters is 1. The lowest BCUT2D eigenvalue weighted by atomic mass is 10.1. The predicted molar refractivity (Wildman–Crippen MR) is 93.7 cm³/mol. The quantitative estimate of drug-likeness (QED) is 0.254. The van der Waals surface area contributed by atoms with Crippen LogP contribution in [0.5, 0.6) is 0 Å². The maximum Gasteiger partial charge on any atom is 0.305 e. The molecule has 24 heavy (non-hydrogen) atoms. The van der Waals surface area contributed by atoms with E-state index in [2.05, 4.69) is 0 Å². The molecule has 0 radical (unpaired) electrons. The largest absolute Gasteiger partial charge is 0.466 e. The van der Waals surface area contributed by atoms with E-state index in [4.69, 9.17) is 20.5 Å². The molecular formula is C17H25ClO5S. The Morgan fingerprint density at radius 2 is 1.83 bits per heavy atom. The Labute approximate surface area is 149 Å². The van der Waals surface area contributed by atoms with E-state index in [9.17, 15) is 13.2 Å². The SMILES string of the molecule is CCOC(=O)CCCCC(CCCl)OS(=O)(=O)c1ccc(C)cc1. The van der Waals surface area contributed by atoms with Gasteiger partial charge in [-0.1, -0.05) is 24.1 Å². The van der Waals surface area contributed by atoms with Crippen LogP contribution in [0.1, 0.15) is 44.6 Å². The number of halogens is 1. The molecule has 0 aromatic heterocycles. The van der Waals surface area contributed by atoms with Crippen molar-refractivity contribution >= 4 is 27.7 Å². The van der Waals surface area contributed by atoms with Gasteiger partial charge in [0.2, 0.25) is 0 Å². The third kappa shape index (κ3) is 7.64. The van der Waals surface area contributed by atoms with Crippen LogP contribution in [0.15, 0.2) is 29.2 Å². The number of hydrogen-bond acceptors (Lipinski definition) is 5. The first-order valence-corrected chi connectivity index (χ1v) is 10.0. The second kappa shape index (κ2) is 10.7. The maximum absolute atomic E-state index is 12.3. The Morgan fingerprint density at radius 1 is 1.17 bits per heavy atom. The van der Waals surface area contributed by atoms with E-state index in [1.165, 1.54) is 12.1 Å². The molecule has 0 aliphatic heterocycles. The van der Waals surface area contributed by atoms with Gasteiger partial charge in [0.15, 0.2) is 0 Å². The molecule has 1 aromatic rings. The molecule has 0 saturated heterocycles. The summed E-state index contributed by atoms with van der Waals surface area (Å²) in [5.74, 6) is 0.0750. The topological polar surface area (TPSA) is 69.7 Å². The van der Waals surface area contributed by atoms with Gasteiger partial charge in [0.1, 0.15) is 0 Å². The van der Waals surface area contributed by atoms with Crippen LogP contribution in [0.4, 0.5) is 0 Å². The number of alkyl halides is 1. The molecule has 1 rings (SSSR count). The van der Waals surface area contributed by atoms with Crippen LogP contribution in [0.3, 0.4) is 0 Å². The molecule has 7 heteroatoms. The van der Waals surface area contributed by atoms with Gasteiger partial charge in [0.25, 0.3) is 10.1 Å². The van der Waals surface area contributed by atoms with Gasteiger partial charge in [-0.2, -0.15) is 8.42 Å². The molecule has 0 amide bonds. The number of rotatable bonds is 11. The Kier molecular flexibility index (Phi) is 9.33. The number of carbonyl (C=O) groups excluding carboxylic acids is 1. The molecule has 1 unspecified atom stereocenters. The molecule has 0 saturated carbocycles. The van der Waals surface area contributed by atoms with E-state index >= 15 is 0 Å². The maximum atomic E-state index is 12.3. The van der Waals surface area contributed by atoms with Crippen LogP contribution >= 0.6 is 11.6 Å². The minimum absolute atomic E-state index is 0.138. The number of ether oxygens (including phenoxy) is 1. The summed E-state index contributed by atoms with van der Waals surface area (Å²) in [6.45, 7) is 4.01. The highest BCUT2D eigenvalue weighted by Gasteiger charge is 2.21. The van der Waals surface area contributed by atoms with Crippen molar-refractivity contribution in [2.75, 3.05) is 12.5 Å². The lowest BCUT2D eigenvalue weighted by Crippen LogP contribution is -2.19. The second-order valence-corrected chi connectivity index (χ2v) is 7.46. The molecule has 1 aromatic carbocycles. The van der Waals surface area contributed by atoms with E-state index < -0.39 is 16.2 Å². The number of carbonyl (C=O) groups is 1. The van der Waals surface area contributed by atoms with E-state index in [0.29, 0.717) is 44.6 Å². The van der Waals surface area contributed by atoms with Gasteiger partial charge < -0.3 is 4.74 Å². The van der Waals surface area contributed by atoms with Crippen LogP contribution in [-0.4, -0.2) is 33.0 Å². The normalized spacial score (nSPS) is 12.8. The fourth-order valence-corrected chi connectivity index (χ4v) is 3.55. The van der Waals surface area contributed by atoms with E-state index in [1.807, 2.05) is 6.92 Å². The third-order valence-electron chi connectivity index (χ3n) is 3.47. The Morgan fingerprint density at radius 3 is 2.42 bits per heavy atom. The van der Waals surface area contributed by atoms with Crippen molar-refractivity contribution in [1.82, 2.24) is 0 Å². The monoisotopic (exact) mass is 376 g/mol. The predicted octanol–water partition coefficient (Wildman–Crippen LogP) is 3.82. The summed E-state index contributed by atoms with van der Waals surface area (Å²) in [5.41, 5.74) is 0.977. The lowest BCUT2D eigenvalue weighted by Gasteiger charge is -2.16. The Hall–Kier alpha value is -1.11. The summed E-state index contributed by atoms with van der Waals surface area (Å²) in [7, 11) is -3.81. The number of hydrogen-bond donors (Lipinski definition) is 0. The van der Waals surface area contributed by atoms with Crippen molar-refractivity contribution in [2.45, 2.75) is 57.0 Å². The summed E-state index contributed by atoms with van der Waals surface area (Å²) in [6.07, 6.45) is 2.10. The molecule has 0 aliphatic carbocycles. The lowest BCUT2D eigenvalue weighted by molar-refractivity contribution is -0.143. The number of benzene rings is 1.